The van der Waals surface area contributed by atoms with Crippen LogP contribution in [-0.2, 0) is 6.42 Å². The Hall–Kier alpha value is -0.470. The topological polar surface area (TPSA) is 20.2 Å². The van der Waals surface area contributed by atoms with Crippen molar-refractivity contribution < 1.29 is 5.11 Å². The molecule has 0 saturated carbocycles. The third kappa shape index (κ3) is 3.25. The van der Waals surface area contributed by atoms with Gasteiger partial charge in [-0.05, 0) is 41.7 Å². The summed E-state index contributed by atoms with van der Waals surface area (Å²) in [7, 11) is 1.00. The van der Waals surface area contributed by atoms with E-state index in [1.54, 1.807) is 5.56 Å². The van der Waals surface area contributed by atoms with Gasteiger partial charge >= 0.3 is 0 Å². The van der Waals surface area contributed by atoms with E-state index in [2.05, 4.69) is 32.0 Å². The number of aliphatic hydroxyl groups excluding tert-OH is 1. The molecule has 0 atom stereocenters. The van der Waals surface area contributed by atoms with Crippen LogP contribution < -0.4 is 0 Å². The van der Waals surface area contributed by atoms with Crippen molar-refractivity contribution in [3.8, 4) is 0 Å². The molecule has 2 rings (SSSR count). The molecule has 1 aromatic carbocycles. The van der Waals surface area contributed by atoms with E-state index in [-0.39, 0.29) is 0 Å². The zero-order valence-corrected chi connectivity index (χ0v) is 10.6. The van der Waals surface area contributed by atoms with Gasteiger partial charge in [-0.3, -0.25) is 0 Å². The Morgan fingerprint density at radius 1 is 1.27 bits per heavy atom. The summed E-state index contributed by atoms with van der Waals surface area (Å²) in [6.07, 6.45) is 2.62. The second kappa shape index (κ2) is 6.19. The summed E-state index contributed by atoms with van der Waals surface area (Å²) >= 11 is 2.02. The molecule has 1 aliphatic rings. The molecular formula is C13H20OS. The van der Waals surface area contributed by atoms with Crippen molar-refractivity contribution in [2.45, 2.75) is 37.5 Å². The molecule has 2 heteroatoms. The summed E-state index contributed by atoms with van der Waals surface area (Å²) in [5.74, 6) is 1.96. The van der Waals surface area contributed by atoms with Crippen LogP contribution in [-0.4, -0.2) is 18.0 Å². The fraction of sp³-hybridized carbons (Fsp3) is 0.538. The van der Waals surface area contributed by atoms with Crippen LogP contribution in [0.25, 0.3) is 0 Å². The molecule has 1 aliphatic heterocycles. The Balaban J connectivity index is 0.000000531. The fourth-order valence-electron chi connectivity index (χ4n) is 1.72. The first-order valence-electron chi connectivity index (χ1n) is 5.47. The normalized spacial score (nSPS) is 14.2. The SMILES string of the molecule is CC(C)c1ccc2c(c1)SCCC2.CO. The van der Waals surface area contributed by atoms with Crippen LogP contribution in [0.3, 0.4) is 0 Å². The van der Waals surface area contributed by atoms with Crippen LogP contribution in [0.5, 0.6) is 0 Å². The van der Waals surface area contributed by atoms with Crippen molar-refractivity contribution >= 4 is 11.8 Å². The summed E-state index contributed by atoms with van der Waals surface area (Å²) in [5.41, 5.74) is 3.04. The second-order valence-electron chi connectivity index (χ2n) is 3.97. The van der Waals surface area contributed by atoms with Gasteiger partial charge in [-0.2, -0.15) is 0 Å². The number of fused-ring (bicyclic) bond motifs is 1. The smallest absolute Gasteiger partial charge is 0.0319 e. The molecule has 0 radical (unpaired) electrons. The average Bonchev–Trinajstić information content (AvgIpc) is 2.31. The van der Waals surface area contributed by atoms with E-state index in [1.807, 2.05) is 11.8 Å². The summed E-state index contributed by atoms with van der Waals surface area (Å²) < 4.78 is 0. The largest absolute Gasteiger partial charge is 0.400 e. The first-order chi connectivity index (χ1) is 7.27. The van der Waals surface area contributed by atoms with Crippen molar-refractivity contribution in [2.75, 3.05) is 12.9 Å². The van der Waals surface area contributed by atoms with Gasteiger partial charge in [0.05, 0.1) is 0 Å². The van der Waals surface area contributed by atoms with Gasteiger partial charge in [0, 0.05) is 12.0 Å². The van der Waals surface area contributed by atoms with Gasteiger partial charge in [-0.15, -0.1) is 11.8 Å². The fourth-order valence-corrected chi connectivity index (χ4v) is 2.80. The second-order valence-corrected chi connectivity index (χ2v) is 5.11. The maximum Gasteiger partial charge on any atom is 0.0319 e. The van der Waals surface area contributed by atoms with Crippen molar-refractivity contribution in [3.63, 3.8) is 0 Å². The Labute approximate surface area is 96.9 Å². The molecule has 84 valence electrons. The van der Waals surface area contributed by atoms with Crippen molar-refractivity contribution in [2.24, 2.45) is 0 Å². The number of thioether (sulfide) groups is 1. The van der Waals surface area contributed by atoms with Crippen LogP contribution in [0.1, 0.15) is 37.3 Å². The van der Waals surface area contributed by atoms with Gasteiger partial charge in [0.15, 0.2) is 0 Å². The lowest BCUT2D eigenvalue weighted by Crippen LogP contribution is -1.99. The molecule has 1 nitrogen and oxygen atoms in total. The van der Waals surface area contributed by atoms with E-state index in [0.29, 0.717) is 5.92 Å². The minimum atomic E-state index is 0.660. The standard InChI is InChI=1S/C12H16S.CH4O/c1-9(2)11-6-5-10-4-3-7-13-12(10)8-11;1-2/h5-6,8-9H,3-4,7H2,1-2H3;2H,1H3. The zero-order valence-electron chi connectivity index (χ0n) is 9.79. The first-order valence-corrected chi connectivity index (χ1v) is 6.46. The lowest BCUT2D eigenvalue weighted by molar-refractivity contribution is 0.399. The molecule has 0 unspecified atom stereocenters. The summed E-state index contributed by atoms with van der Waals surface area (Å²) in [6, 6.07) is 6.98. The highest BCUT2D eigenvalue weighted by atomic mass is 32.2. The summed E-state index contributed by atoms with van der Waals surface area (Å²) in [6.45, 7) is 4.52. The van der Waals surface area contributed by atoms with E-state index < -0.39 is 0 Å². The highest BCUT2D eigenvalue weighted by Gasteiger charge is 2.10. The quantitative estimate of drug-likeness (QED) is 0.788. The molecule has 0 amide bonds. The predicted octanol–water partition coefficient (Wildman–Crippen LogP) is 3.46. The number of benzene rings is 1. The highest BCUT2D eigenvalue weighted by molar-refractivity contribution is 7.99. The van der Waals surface area contributed by atoms with Crippen LogP contribution in [0.4, 0.5) is 0 Å². The van der Waals surface area contributed by atoms with Crippen molar-refractivity contribution in [1.82, 2.24) is 0 Å². The number of hydrogen-bond donors (Lipinski definition) is 1. The van der Waals surface area contributed by atoms with Gasteiger partial charge < -0.3 is 5.11 Å². The van der Waals surface area contributed by atoms with E-state index in [4.69, 9.17) is 5.11 Å². The van der Waals surface area contributed by atoms with E-state index >= 15 is 0 Å². The Morgan fingerprint density at radius 2 is 2.00 bits per heavy atom. The lowest BCUT2D eigenvalue weighted by Gasteiger charge is -2.17. The number of rotatable bonds is 1. The van der Waals surface area contributed by atoms with Crippen LogP contribution >= 0.6 is 11.8 Å². The van der Waals surface area contributed by atoms with E-state index in [1.165, 1.54) is 29.1 Å². The van der Waals surface area contributed by atoms with Gasteiger partial charge in [-0.1, -0.05) is 26.0 Å². The maximum atomic E-state index is 7.00. The monoisotopic (exact) mass is 224 g/mol. The van der Waals surface area contributed by atoms with Gasteiger partial charge in [-0.25, -0.2) is 0 Å². The van der Waals surface area contributed by atoms with E-state index in [9.17, 15) is 0 Å². The molecule has 15 heavy (non-hydrogen) atoms. The Morgan fingerprint density at radius 3 is 2.67 bits per heavy atom. The third-order valence-electron chi connectivity index (χ3n) is 2.61. The minimum absolute atomic E-state index is 0.660. The van der Waals surface area contributed by atoms with Crippen LogP contribution in [0, 0.1) is 0 Å². The number of aliphatic hydroxyl groups is 1. The summed E-state index contributed by atoms with van der Waals surface area (Å²) in [4.78, 5) is 1.53. The summed E-state index contributed by atoms with van der Waals surface area (Å²) in [5, 5.41) is 7.00. The van der Waals surface area contributed by atoms with Gasteiger partial charge in [0.1, 0.15) is 0 Å². The molecule has 0 saturated heterocycles. The van der Waals surface area contributed by atoms with Crippen LogP contribution in [0.15, 0.2) is 23.1 Å². The van der Waals surface area contributed by atoms with Crippen LogP contribution in [0.2, 0.25) is 0 Å². The number of hydrogen-bond acceptors (Lipinski definition) is 2. The highest BCUT2D eigenvalue weighted by Crippen LogP contribution is 2.32. The zero-order chi connectivity index (χ0) is 11.3. The molecule has 0 aliphatic carbocycles. The average molecular weight is 224 g/mol. The molecule has 0 spiro atoms. The molecular weight excluding hydrogens is 204 g/mol. The predicted molar refractivity (Wildman–Crippen MR) is 67.7 cm³/mol. The lowest BCUT2D eigenvalue weighted by atomic mass is 10.00. The molecule has 0 aromatic heterocycles. The van der Waals surface area contributed by atoms with Crippen molar-refractivity contribution in [3.05, 3.63) is 29.3 Å². The number of aryl methyl sites for hydroxylation is 1. The Bertz CT molecular complexity index is 307. The minimum Gasteiger partial charge on any atom is -0.400 e. The Kier molecular flexibility index (Phi) is 5.20. The third-order valence-corrected chi connectivity index (χ3v) is 3.79. The van der Waals surface area contributed by atoms with Gasteiger partial charge in [0.25, 0.3) is 0 Å². The molecule has 1 N–H and O–H groups in total. The molecule has 1 aromatic rings. The first kappa shape index (κ1) is 12.6. The van der Waals surface area contributed by atoms with E-state index in [0.717, 1.165) is 7.11 Å². The van der Waals surface area contributed by atoms with Gasteiger partial charge in [0.2, 0.25) is 0 Å². The van der Waals surface area contributed by atoms with Crippen molar-refractivity contribution in [1.29, 1.82) is 0 Å². The molecule has 1 heterocycles. The molecule has 0 bridgehead atoms. The maximum absolute atomic E-state index is 7.00. The molecule has 0 fully saturated rings.